The second-order valence-electron chi connectivity index (χ2n) is 7.54. The van der Waals surface area contributed by atoms with Crippen molar-refractivity contribution < 1.29 is 14.3 Å². The Morgan fingerprint density at radius 2 is 1.58 bits per heavy atom. The van der Waals surface area contributed by atoms with Gasteiger partial charge in [-0.2, -0.15) is 0 Å². The molecule has 4 rings (SSSR count). The minimum atomic E-state index is 0.0168. The van der Waals surface area contributed by atoms with Gasteiger partial charge in [-0.05, 0) is 74.3 Å². The smallest absolute Gasteiger partial charge is 0.195 e. The van der Waals surface area contributed by atoms with Gasteiger partial charge in [-0.25, -0.2) is 0 Å². The van der Waals surface area contributed by atoms with E-state index in [2.05, 4.69) is 11.0 Å². The normalized spacial score (nSPS) is 11.1. The molecular weight excluding hydrogens is 406 g/mol. The Bertz CT molecular complexity index is 1180. The van der Waals surface area contributed by atoms with Gasteiger partial charge in [0.2, 0.25) is 0 Å². The van der Waals surface area contributed by atoms with E-state index in [1.165, 1.54) is 0 Å². The lowest BCUT2D eigenvalue weighted by molar-refractivity contribution is 0.104. The highest BCUT2D eigenvalue weighted by Crippen LogP contribution is 2.40. The maximum absolute atomic E-state index is 13.6. The van der Waals surface area contributed by atoms with Gasteiger partial charge in [-0.15, -0.1) is 11.3 Å². The van der Waals surface area contributed by atoms with Crippen LogP contribution in [-0.2, 0) is 0 Å². The second kappa shape index (κ2) is 9.33. The molecule has 0 atom stereocenters. The summed E-state index contributed by atoms with van der Waals surface area (Å²) in [6.45, 7) is 1.45. The summed E-state index contributed by atoms with van der Waals surface area (Å²) in [5.74, 6) is 1.58. The molecule has 1 heterocycles. The van der Waals surface area contributed by atoms with Crippen LogP contribution in [0.2, 0.25) is 0 Å². The van der Waals surface area contributed by atoms with Crippen molar-refractivity contribution >= 4 is 27.2 Å². The Balaban J connectivity index is 1.68. The number of methoxy groups -OCH3 is 1. The number of ether oxygens (including phenoxy) is 2. The molecule has 0 bridgehead atoms. The molecule has 0 amide bonds. The summed E-state index contributed by atoms with van der Waals surface area (Å²) < 4.78 is 12.1. The summed E-state index contributed by atoms with van der Waals surface area (Å²) in [6.07, 6.45) is 0. The van der Waals surface area contributed by atoms with Crippen LogP contribution in [0.4, 0.5) is 0 Å². The van der Waals surface area contributed by atoms with Gasteiger partial charge in [0, 0.05) is 32.6 Å². The number of rotatable bonds is 8. The number of thiophene rings is 1. The fourth-order valence-electron chi connectivity index (χ4n) is 3.41. The highest BCUT2D eigenvalue weighted by Gasteiger charge is 2.21. The standard InChI is InChI=1S/C26H25NO3S/c1-27(2)16-17-30-21-14-8-18(9-15-21)25(28)24-22-6-4-5-7-23(22)31-26(24)19-10-12-20(29-3)13-11-19/h4-15H,16-17H2,1-3H3. The average Bonchev–Trinajstić information content (AvgIpc) is 3.18. The van der Waals surface area contributed by atoms with E-state index >= 15 is 0 Å². The van der Waals surface area contributed by atoms with Gasteiger partial charge in [0.05, 0.1) is 7.11 Å². The molecule has 0 saturated carbocycles. The first-order valence-electron chi connectivity index (χ1n) is 10.1. The molecule has 3 aromatic carbocycles. The Hall–Kier alpha value is -3.15. The van der Waals surface area contributed by atoms with E-state index in [1.54, 1.807) is 18.4 Å². The fraction of sp³-hybridized carbons (Fsp3) is 0.192. The topological polar surface area (TPSA) is 38.8 Å². The molecule has 1 aromatic heterocycles. The Labute approximate surface area is 186 Å². The van der Waals surface area contributed by atoms with E-state index in [-0.39, 0.29) is 5.78 Å². The number of ketones is 1. The molecule has 0 aliphatic rings. The number of hydrogen-bond acceptors (Lipinski definition) is 5. The molecule has 0 aliphatic carbocycles. The van der Waals surface area contributed by atoms with Gasteiger partial charge in [-0.3, -0.25) is 4.79 Å². The maximum Gasteiger partial charge on any atom is 0.195 e. The zero-order valence-corrected chi connectivity index (χ0v) is 18.7. The molecule has 4 aromatic rings. The Kier molecular flexibility index (Phi) is 6.35. The Morgan fingerprint density at radius 3 is 2.26 bits per heavy atom. The highest BCUT2D eigenvalue weighted by molar-refractivity contribution is 7.22. The van der Waals surface area contributed by atoms with Crippen molar-refractivity contribution in [3.63, 3.8) is 0 Å². The van der Waals surface area contributed by atoms with E-state index in [4.69, 9.17) is 9.47 Å². The third kappa shape index (κ3) is 4.63. The largest absolute Gasteiger partial charge is 0.497 e. The number of carbonyl (C=O) groups is 1. The van der Waals surface area contributed by atoms with Crippen molar-refractivity contribution in [1.82, 2.24) is 4.90 Å². The highest BCUT2D eigenvalue weighted by atomic mass is 32.1. The average molecular weight is 432 g/mol. The fourth-order valence-corrected chi connectivity index (χ4v) is 4.61. The summed E-state index contributed by atoms with van der Waals surface area (Å²) in [4.78, 5) is 16.6. The van der Waals surface area contributed by atoms with Crippen LogP contribution in [0.25, 0.3) is 20.5 Å². The van der Waals surface area contributed by atoms with E-state index < -0.39 is 0 Å². The molecule has 0 fully saturated rings. The lowest BCUT2D eigenvalue weighted by Crippen LogP contribution is -2.19. The van der Waals surface area contributed by atoms with Gasteiger partial charge in [0.25, 0.3) is 0 Å². The molecule has 0 radical (unpaired) electrons. The number of nitrogens with zero attached hydrogens (tertiary/aromatic N) is 1. The lowest BCUT2D eigenvalue weighted by Gasteiger charge is -2.11. The number of carbonyl (C=O) groups excluding carboxylic acids is 1. The molecule has 4 nitrogen and oxygen atoms in total. The molecule has 0 N–H and O–H groups in total. The molecule has 5 heteroatoms. The quantitative estimate of drug-likeness (QED) is 0.333. The summed E-state index contributed by atoms with van der Waals surface area (Å²) in [5, 5.41) is 0.981. The molecule has 0 spiro atoms. The Morgan fingerprint density at radius 1 is 0.903 bits per heavy atom. The third-order valence-electron chi connectivity index (χ3n) is 5.10. The van der Waals surface area contributed by atoms with E-state index in [0.717, 1.165) is 44.1 Å². The first kappa shape index (κ1) is 21.1. The van der Waals surface area contributed by atoms with E-state index in [9.17, 15) is 4.79 Å². The van der Waals surface area contributed by atoms with Crippen molar-refractivity contribution in [3.8, 4) is 21.9 Å². The molecule has 158 valence electrons. The van der Waals surface area contributed by atoms with Gasteiger partial charge in [-0.1, -0.05) is 18.2 Å². The third-order valence-corrected chi connectivity index (χ3v) is 6.32. The first-order valence-corrected chi connectivity index (χ1v) is 11.0. The van der Waals surface area contributed by atoms with Crippen LogP contribution in [0.1, 0.15) is 15.9 Å². The van der Waals surface area contributed by atoms with Crippen molar-refractivity contribution in [3.05, 3.63) is 83.9 Å². The van der Waals surface area contributed by atoms with Crippen molar-refractivity contribution in [1.29, 1.82) is 0 Å². The van der Waals surface area contributed by atoms with Crippen molar-refractivity contribution in [2.45, 2.75) is 0 Å². The number of fused-ring (bicyclic) bond motifs is 1. The number of hydrogen-bond donors (Lipinski definition) is 0. The van der Waals surface area contributed by atoms with Gasteiger partial charge in [0.1, 0.15) is 18.1 Å². The summed E-state index contributed by atoms with van der Waals surface area (Å²) in [6, 6.07) is 23.3. The summed E-state index contributed by atoms with van der Waals surface area (Å²) in [7, 11) is 5.67. The van der Waals surface area contributed by atoms with Gasteiger partial charge >= 0.3 is 0 Å². The van der Waals surface area contributed by atoms with Crippen LogP contribution < -0.4 is 9.47 Å². The van der Waals surface area contributed by atoms with Gasteiger partial charge in [0.15, 0.2) is 5.78 Å². The predicted octanol–water partition coefficient (Wildman–Crippen LogP) is 5.75. The summed E-state index contributed by atoms with van der Waals surface area (Å²) in [5.41, 5.74) is 2.40. The van der Waals surface area contributed by atoms with Crippen LogP contribution in [0.3, 0.4) is 0 Å². The van der Waals surface area contributed by atoms with Crippen LogP contribution in [0.5, 0.6) is 11.5 Å². The monoisotopic (exact) mass is 431 g/mol. The van der Waals surface area contributed by atoms with E-state index in [1.807, 2.05) is 80.8 Å². The minimum Gasteiger partial charge on any atom is -0.497 e. The van der Waals surface area contributed by atoms with E-state index in [0.29, 0.717) is 12.2 Å². The summed E-state index contributed by atoms with van der Waals surface area (Å²) >= 11 is 1.64. The first-order chi connectivity index (χ1) is 15.1. The predicted molar refractivity (Wildman–Crippen MR) is 128 cm³/mol. The van der Waals surface area contributed by atoms with Crippen LogP contribution in [-0.4, -0.2) is 45.0 Å². The lowest BCUT2D eigenvalue weighted by atomic mass is 9.97. The molecular formula is C26H25NO3S. The van der Waals surface area contributed by atoms with Crippen LogP contribution in [0.15, 0.2) is 72.8 Å². The second-order valence-corrected chi connectivity index (χ2v) is 8.59. The molecule has 0 aliphatic heterocycles. The maximum atomic E-state index is 13.6. The van der Waals surface area contributed by atoms with Crippen molar-refractivity contribution in [2.24, 2.45) is 0 Å². The van der Waals surface area contributed by atoms with Crippen LogP contribution in [0, 0.1) is 0 Å². The van der Waals surface area contributed by atoms with Crippen LogP contribution >= 0.6 is 11.3 Å². The van der Waals surface area contributed by atoms with Crippen molar-refractivity contribution in [2.75, 3.05) is 34.4 Å². The molecule has 31 heavy (non-hydrogen) atoms. The minimum absolute atomic E-state index is 0.0168. The molecule has 0 unspecified atom stereocenters. The van der Waals surface area contributed by atoms with Gasteiger partial charge < -0.3 is 14.4 Å². The SMILES string of the molecule is COc1ccc(-c2sc3ccccc3c2C(=O)c2ccc(OCCN(C)C)cc2)cc1. The molecule has 0 saturated heterocycles. The number of benzene rings is 3. The zero-order chi connectivity index (χ0) is 21.8. The number of likely N-dealkylation sites (N-methyl/N-ethyl adjacent to an activating group) is 1. The zero-order valence-electron chi connectivity index (χ0n) is 17.9.